The van der Waals surface area contributed by atoms with Gasteiger partial charge in [-0.05, 0) is 0 Å². The maximum absolute atomic E-state index is 9.93. The minimum Gasteiger partial charge on any atom is -0.298 e. The molecule has 2 nitrogen and oxygen atoms in total. The van der Waals surface area contributed by atoms with Gasteiger partial charge in [-0.1, -0.05) is 0 Å². The zero-order valence-corrected chi connectivity index (χ0v) is 2.97. The highest BCUT2D eigenvalue weighted by Gasteiger charge is 2.75. The van der Waals surface area contributed by atoms with E-state index in [4.69, 9.17) is 0 Å². The molecule has 0 bridgehead atoms. The van der Waals surface area contributed by atoms with E-state index >= 15 is 0 Å². The van der Waals surface area contributed by atoms with Crippen LogP contribution >= 0.6 is 0 Å². The summed E-state index contributed by atoms with van der Waals surface area (Å²) in [4.78, 5) is 19.9. The van der Waals surface area contributed by atoms with Gasteiger partial charge in [0.25, 0.3) is 0 Å². The molecule has 0 aliphatic heterocycles. The minimum absolute atomic E-state index is 0.0926. The van der Waals surface area contributed by atoms with E-state index in [0.717, 1.165) is 0 Å². The van der Waals surface area contributed by atoms with Gasteiger partial charge < -0.3 is 0 Å². The molecule has 0 unspecified atom stereocenters. The first-order valence-electron chi connectivity index (χ1n) is 1.90. The highest BCUT2D eigenvalue weighted by atomic mass is 16.2. The summed E-state index contributed by atoms with van der Waals surface area (Å²) in [5, 5.41) is 0. The molecule has 0 heterocycles. The minimum atomic E-state index is -0.0926. The van der Waals surface area contributed by atoms with Crippen LogP contribution in [0.4, 0.5) is 0 Å². The lowest BCUT2D eigenvalue weighted by Crippen LogP contribution is -1.93. The summed E-state index contributed by atoms with van der Waals surface area (Å²) in [6, 6.07) is 0. The van der Waals surface area contributed by atoms with E-state index < -0.39 is 0 Å². The topological polar surface area (TPSA) is 34.1 Å². The molecule has 0 atom stereocenters. The van der Waals surface area contributed by atoms with Crippen molar-refractivity contribution >= 4 is 11.6 Å². The molecule has 0 N–H and O–H groups in total. The molecular weight excluding hydrogens is 80.0 g/mol. The molecule has 2 aliphatic carbocycles. The maximum Gasteiger partial charge on any atom is 0.156 e. The van der Waals surface area contributed by atoms with Crippen molar-refractivity contribution in [2.24, 2.45) is 11.8 Å². The zero-order chi connectivity index (χ0) is 4.31. The quantitative estimate of drug-likeness (QED) is 0.365. The van der Waals surface area contributed by atoms with E-state index in [1.807, 2.05) is 0 Å². The summed E-state index contributed by atoms with van der Waals surface area (Å²) in [5.41, 5.74) is 0. The molecule has 2 aliphatic rings. The highest BCUT2D eigenvalue weighted by molar-refractivity contribution is 6.42. The third-order valence-electron chi connectivity index (χ3n) is 1.34. The predicted molar refractivity (Wildman–Crippen MR) is 17.0 cm³/mol. The van der Waals surface area contributed by atoms with Crippen LogP contribution in [0.15, 0.2) is 0 Å². The second-order valence-electron chi connectivity index (χ2n) is 1.76. The maximum atomic E-state index is 9.93. The first-order chi connectivity index (χ1) is 2.82. The van der Waals surface area contributed by atoms with Gasteiger partial charge in [-0.15, -0.1) is 0 Å². The van der Waals surface area contributed by atoms with E-state index in [1.165, 1.54) is 0 Å². The third-order valence-corrected chi connectivity index (χ3v) is 1.34. The summed E-state index contributed by atoms with van der Waals surface area (Å²) >= 11 is 0. The number of carbonyl (C=O) groups excluding carboxylic acids is 2. The standard InChI is InChI=1S/C4H2O2/c5-3-1-2(3)4(1)6/h1-2H. The molecule has 0 aromatic carbocycles. The number of ketones is 2. The van der Waals surface area contributed by atoms with Crippen molar-refractivity contribution < 1.29 is 9.59 Å². The average Bonchev–Trinajstić information content (AvgIpc) is 2.28. The van der Waals surface area contributed by atoms with Crippen molar-refractivity contribution in [1.29, 1.82) is 0 Å². The average molecular weight is 82.1 g/mol. The van der Waals surface area contributed by atoms with E-state index in [9.17, 15) is 9.59 Å². The van der Waals surface area contributed by atoms with Gasteiger partial charge in [-0.3, -0.25) is 9.59 Å². The molecule has 2 saturated carbocycles. The Balaban J connectivity index is 2.42. The van der Waals surface area contributed by atoms with Gasteiger partial charge in [0.05, 0.1) is 11.8 Å². The van der Waals surface area contributed by atoms with Gasteiger partial charge in [0.1, 0.15) is 0 Å². The fourth-order valence-electron chi connectivity index (χ4n) is 0.664. The van der Waals surface area contributed by atoms with Gasteiger partial charge >= 0.3 is 0 Å². The van der Waals surface area contributed by atoms with Crippen LogP contribution in [0.1, 0.15) is 0 Å². The molecule has 0 spiro atoms. The highest BCUT2D eigenvalue weighted by Crippen LogP contribution is 2.53. The van der Waals surface area contributed by atoms with Crippen LogP contribution in [0.3, 0.4) is 0 Å². The number of Topliss-reactive ketones (excluding diaryl/α,β-unsaturated/α-hetero) is 2. The molecule has 0 saturated heterocycles. The van der Waals surface area contributed by atoms with Crippen LogP contribution in [0.5, 0.6) is 0 Å². The Bertz CT molecular complexity index is 118. The van der Waals surface area contributed by atoms with Crippen molar-refractivity contribution in [2.75, 3.05) is 0 Å². The normalized spacial score (nSPS) is 48.7. The van der Waals surface area contributed by atoms with Crippen LogP contribution < -0.4 is 0 Å². The summed E-state index contributed by atoms with van der Waals surface area (Å²) in [6.07, 6.45) is 0. The molecule has 0 aromatic rings. The van der Waals surface area contributed by atoms with E-state index in [1.54, 1.807) is 0 Å². The van der Waals surface area contributed by atoms with Crippen LogP contribution in [0.2, 0.25) is 0 Å². The summed E-state index contributed by atoms with van der Waals surface area (Å²) in [7, 11) is 0. The van der Waals surface area contributed by atoms with Crippen LogP contribution in [0.25, 0.3) is 0 Å². The number of rotatable bonds is 0. The Morgan fingerprint density at radius 2 is 1.33 bits per heavy atom. The van der Waals surface area contributed by atoms with Gasteiger partial charge in [-0.2, -0.15) is 0 Å². The van der Waals surface area contributed by atoms with Crippen molar-refractivity contribution in [1.82, 2.24) is 0 Å². The molecule has 2 fully saturated rings. The Morgan fingerprint density at radius 1 is 1.00 bits per heavy atom. The monoisotopic (exact) mass is 82.0 g/mol. The fourth-order valence-corrected chi connectivity index (χ4v) is 0.664. The smallest absolute Gasteiger partial charge is 0.156 e. The van der Waals surface area contributed by atoms with E-state index in [-0.39, 0.29) is 23.4 Å². The molecule has 0 aromatic heterocycles. The predicted octanol–water partition coefficient (Wildman–Crippen LogP) is -0.616. The van der Waals surface area contributed by atoms with Crippen LogP contribution in [-0.4, -0.2) is 11.6 Å². The van der Waals surface area contributed by atoms with Crippen molar-refractivity contribution in [3.63, 3.8) is 0 Å². The Kier molecular flexibility index (Phi) is 0.157. The third kappa shape index (κ3) is 0.0777. The Morgan fingerprint density at radius 3 is 1.33 bits per heavy atom. The molecule has 2 rings (SSSR count). The van der Waals surface area contributed by atoms with Gasteiger partial charge in [0.2, 0.25) is 0 Å². The molecule has 2 heteroatoms. The lowest BCUT2D eigenvalue weighted by molar-refractivity contribution is -0.124. The number of hydrogen-bond donors (Lipinski definition) is 0. The molecule has 30 valence electrons. The molecule has 0 amide bonds. The summed E-state index contributed by atoms with van der Waals surface area (Å²) in [5.74, 6) is 0.148. The number of hydrogen-bond acceptors (Lipinski definition) is 2. The van der Waals surface area contributed by atoms with Gasteiger partial charge in [0, 0.05) is 0 Å². The SMILES string of the molecule is O=C1C2C(=O)C12. The Hall–Kier alpha value is -0.660. The lowest BCUT2D eigenvalue weighted by Gasteiger charge is -1.66. The van der Waals surface area contributed by atoms with E-state index in [0.29, 0.717) is 0 Å². The largest absolute Gasteiger partial charge is 0.298 e. The molecule has 6 heavy (non-hydrogen) atoms. The summed E-state index contributed by atoms with van der Waals surface area (Å²) in [6.45, 7) is 0. The second kappa shape index (κ2) is 0.376. The first kappa shape index (κ1) is 2.50. The van der Waals surface area contributed by atoms with Gasteiger partial charge in [-0.25, -0.2) is 0 Å². The van der Waals surface area contributed by atoms with Crippen LogP contribution in [-0.2, 0) is 9.59 Å². The first-order valence-corrected chi connectivity index (χ1v) is 1.90. The molecular formula is C4H2O2. The van der Waals surface area contributed by atoms with Crippen molar-refractivity contribution in [2.45, 2.75) is 0 Å². The number of carbonyl (C=O) groups is 2. The lowest BCUT2D eigenvalue weighted by atomic mass is 10.4. The number of fused-ring (bicyclic) bond motifs is 1. The van der Waals surface area contributed by atoms with Crippen LogP contribution in [0, 0.1) is 11.8 Å². The Labute approximate surface area is 34.1 Å². The van der Waals surface area contributed by atoms with Gasteiger partial charge in [0.15, 0.2) is 11.6 Å². The zero-order valence-electron chi connectivity index (χ0n) is 2.97. The van der Waals surface area contributed by atoms with Crippen molar-refractivity contribution in [3.8, 4) is 0 Å². The van der Waals surface area contributed by atoms with E-state index in [2.05, 4.69) is 0 Å². The summed E-state index contributed by atoms with van der Waals surface area (Å²) < 4.78 is 0. The molecule has 0 radical (unpaired) electrons. The van der Waals surface area contributed by atoms with Crippen molar-refractivity contribution in [3.05, 3.63) is 0 Å². The second-order valence-corrected chi connectivity index (χ2v) is 1.76. The fraction of sp³-hybridized carbons (Fsp3) is 0.500.